The first kappa shape index (κ1) is 15.7. The maximum atomic E-state index is 12.9. The fourth-order valence-corrected chi connectivity index (χ4v) is 1.99. The number of benzene rings is 1. The quantitative estimate of drug-likeness (QED) is 0.727. The molecule has 0 radical (unpaired) electrons. The molecule has 0 saturated carbocycles. The van der Waals surface area contributed by atoms with Gasteiger partial charge in [-0.05, 0) is 49.4 Å². The molecule has 0 aliphatic carbocycles. The lowest BCUT2D eigenvalue weighted by Gasteiger charge is -2.06. The highest BCUT2D eigenvalue weighted by atomic mass is 19.1. The van der Waals surface area contributed by atoms with E-state index in [0.717, 1.165) is 0 Å². The van der Waals surface area contributed by atoms with Gasteiger partial charge in [-0.1, -0.05) is 5.16 Å². The average Bonchev–Trinajstić information content (AvgIpc) is 3.25. The van der Waals surface area contributed by atoms with Gasteiger partial charge in [0.25, 0.3) is 0 Å². The van der Waals surface area contributed by atoms with Crippen molar-refractivity contribution in [3.63, 3.8) is 0 Å². The Morgan fingerprint density at radius 3 is 2.79 bits per heavy atom. The molecular formula is C17H14FN3O3. The van der Waals surface area contributed by atoms with Gasteiger partial charge in [0.1, 0.15) is 17.6 Å². The fourth-order valence-electron chi connectivity index (χ4n) is 1.99. The van der Waals surface area contributed by atoms with E-state index >= 15 is 0 Å². The van der Waals surface area contributed by atoms with Crippen molar-refractivity contribution in [3.05, 3.63) is 66.2 Å². The molecule has 2 heterocycles. The molecule has 0 spiro atoms. The summed E-state index contributed by atoms with van der Waals surface area (Å²) < 4.78 is 23.2. The zero-order valence-corrected chi connectivity index (χ0v) is 12.8. The van der Waals surface area contributed by atoms with Crippen LogP contribution in [-0.4, -0.2) is 16.0 Å². The molecule has 6 nitrogen and oxygen atoms in total. The van der Waals surface area contributed by atoms with Crippen LogP contribution in [-0.2, 0) is 4.79 Å². The molecule has 24 heavy (non-hydrogen) atoms. The highest BCUT2D eigenvalue weighted by Crippen LogP contribution is 2.19. The minimum Gasteiger partial charge on any atom is -0.465 e. The molecule has 1 aromatic carbocycles. The van der Waals surface area contributed by atoms with Crippen LogP contribution in [0.5, 0.6) is 0 Å². The van der Waals surface area contributed by atoms with Crippen molar-refractivity contribution >= 4 is 12.0 Å². The van der Waals surface area contributed by atoms with Gasteiger partial charge in [-0.3, -0.25) is 4.79 Å². The lowest BCUT2D eigenvalue weighted by Crippen LogP contribution is -2.24. The number of amides is 1. The SMILES string of the molecule is C[C@H](NC(=O)/C=C/c1ccco1)c1nc(-c2ccc(F)cc2)no1. The first-order chi connectivity index (χ1) is 11.6. The number of carbonyl (C=O) groups excluding carboxylic acids is 1. The Morgan fingerprint density at radius 2 is 2.08 bits per heavy atom. The highest BCUT2D eigenvalue weighted by molar-refractivity contribution is 5.91. The van der Waals surface area contributed by atoms with E-state index in [2.05, 4.69) is 15.5 Å². The van der Waals surface area contributed by atoms with E-state index in [1.165, 1.54) is 24.5 Å². The highest BCUT2D eigenvalue weighted by Gasteiger charge is 2.16. The van der Waals surface area contributed by atoms with Gasteiger partial charge in [-0.15, -0.1) is 0 Å². The first-order valence-corrected chi connectivity index (χ1v) is 7.23. The van der Waals surface area contributed by atoms with E-state index < -0.39 is 6.04 Å². The molecule has 1 atom stereocenters. The maximum Gasteiger partial charge on any atom is 0.249 e. The van der Waals surface area contributed by atoms with Gasteiger partial charge in [0, 0.05) is 11.6 Å². The van der Waals surface area contributed by atoms with Crippen molar-refractivity contribution in [2.45, 2.75) is 13.0 Å². The number of nitrogens with zero attached hydrogens (tertiary/aromatic N) is 2. The number of aromatic nitrogens is 2. The largest absolute Gasteiger partial charge is 0.465 e. The lowest BCUT2D eigenvalue weighted by atomic mass is 10.2. The Bertz CT molecular complexity index is 838. The Morgan fingerprint density at radius 1 is 1.29 bits per heavy atom. The van der Waals surface area contributed by atoms with Crippen LogP contribution >= 0.6 is 0 Å². The third kappa shape index (κ3) is 3.75. The normalized spacial score (nSPS) is 12.4. The first-order valence-electron chi connectivity index (χ1n) is 7.23. The predicted molar refractivity (Wildman–Crippen MR) is 84.0 cm³/mol. The number of hydrogen-bond acceptors (Lipinski definition) is 5. The molecule has 7 heteroatoms. The molecule has 0 fully saturated rings. The number of carbonyl (C=O) groups is 1. The molecule has 122 valence electrons. The Labute approximate surface area is 137 Å². The minimum absolute atomic E-state index is 0.258. The Balaban J connectivity index is 1.64. The van der Waals surface area contributed by atoms with Crippen LogP contribution in [0.15, 0.2) is 57.7 Å². The summed E-state index contributed by atoms with van der Waals surface area (Å²) >= 11 is 0. The summed E-state index contributed by atoms with van der Waals surface area (Å²) in [6.45, 7) is 1.72. The van der Waals surface area contributed by atoms with E-state index in [4.69, 9.17) is 8.94 Å². The van der Waals surface area contributed by atoms with Crippen LogP contribution in [0, 0.1) is 5.82 Å². The van der Waals surface area contributed by atoms with Gasteiger partial charge in [0.2, 0.25) is 17.6 Å². The van der Waals surface area contributed by atoms with Gasteiger partial charge in [0.15, 0.2) is 0 Å². The van der Waals surface area contributed by atoms with E-state index in [0.29, 0.717) is 17.1 Å². The summed E-state index contributed by atoms with van der Waals surface area (Å²) in [6.07, 6.45) is 4.43. The Hall–Kier alpha value is -3.22. The molecule has 0 aliphatic rings. The molecule has 0 bridgehead atoms. The minimum atomic E-state index is -0.472. The van der Waals surface area contributed by atoms with Gasteiger partial charge in [-0.2, -0.15) is 4.98 Å². The molecule has 1 amide bonds. The Kier molecular flexibility index (Phi) is 4.51. The topological polar surface area (TPSA) is 81.2 Å². The second kappa shape index (κ2) is 6.91. The molecule has 0 saturated heterocycles. The summed E-state index contributed by atoms with van der Waals surface area (Å²) in [6, 6.07) is 8.74. The van der Waals surface area contributed by atoms with Gasteiger partial charge >= 0.3 is 0 Å². The zero-order chi connectivity index (χ0) is 16.9. The second-order valence-electron chi connectivity index (χ2n) is 5.04. The van der Waals surface area contributed by atoms with Gasteiger partial charge in [-0.25, -0.2) is 4.39 Å². The molecule has 2 aromatic heterocycles. The van der Waals surface area contributed by atoms with Crippen molar-refractivity contribution < 1.29 is 18.1 Å². The van der Waals surface area contributed by atoms with Crippen molar-refractivity contribution in [1.29, 1.82) is 0 Å². The summed E-state index contributed by atoms with van der Waals surface area (Å²) in [5, 5.41) is 6.55. The van der Waals surface area contributed by atoms with Gasteiger partial charge in [0.05, 0.1) is 6.26 Å². The molecule has 1 N–H and O–H groups in total. The van der Waals surface area contributed by atoms with E-state index in [1.54, 1.807) is 37.3 Å². The van der Waals surface area contributed by atoms with Crippen LogP contribution in [0.1, 0.15) is 24.6 Å². The van der Waals surface area contributed by atoms with Crippen LogP contribution in [0.2, 0.25) is 0 Å². The molecule has 3 aromatic rings. The molecule has 0 unspecified atom stereocenters. The predicted octanol–water partition coefficient (Wildman–Crippen LogP) is 3.36. The van der Waals surface area contributed by atoms with E-state index in [1.807, 2.05) is 0 Å². The number of halogens is 1. The molecular weight excluding hydrogens is 313 g/mol. The van der Waals surface area contributed by atoms with E-state index in [-0.39, 0.29) is 17.6 Å². The number of furan rings is 1. The standard InChI is InChI=1S/C17H14FN3O3/c1-11(19-15(22)9-8-14-3-2-10-23-14)17-20-16(21-24-17)12-4-6-13(18)7-5-12/h2-11H,1H3,(H,19,22)/b9-8+/t11-/m0/s1. The smallest absolute Gasteiger partial charge is 0.249 e. The third-order valence-electron chi connectivity index (χ3n) is 3.22. The van der Waals surface area contributed by atoms with Crippen LogP contribution in [0.25, 0.3) is 17.5 Å². The van der Waals surface area contributed by atoms with Crippen molar-refractivity contribution in [2.75, 3.05) is 0 Å². The lowest BCUT2D eigenvalue weighted by molar-refractivity contribution is -0.117. The van der Waals surface area contributed by atoms with Crippen molar-refractivity contribution in [2.24, 2.45) is 0 Å². The number of hydrogen-bond donors (Lipinski definition) is 1. The second-order valence-corrected chi connectivity index (χ2v) is 5.04. The average molecular weight is 327 g/mol. The summed E-state index contributed by atoms with van der Waals surface area (Å²) in [7, 11) is 0. The van der Waals surface area contributed by atoms with Crippen LogP contribution in [0.4, 0.5) is 4.39 Å². The van der Waals surface area contributed by atoms with Crippen molar-refractivity contribution in [3.8, 4) is 11.4 Å². The van der Waals surface area contributed by atoms with Gasteiger partial charge < -0.3 is 14.3 Å². The van der Waals surface area contributed by atoms with Crippen LogP contribution in [0.3, 0.4) is 0 Å². The monoisotopic (exact) mass is 327 g/mol. The molecule has 3 rings (SSSR count). The summed E-state index contributed by atoms with van der Waals surface area (Å²) in [4.78, 5) is 16.1. The van der Waals surface area contributed by atoms with Crippen molar-refractivity contribution in [1.82, 2.24) is 15.5 Å². The van der Waals surface area contributed by atoms with E-state index in [9.17, 15) is 9.18 Å². The van der Waals surface area contributed by atoms with Crippen LogP contribution < -0.4 is 5.32 Å². The fraction of sp³-hybridized carbons (Fsp3) is 0.118. The molecule has 0 aliphatic heterocycles. The zero-order valence-electron chi connectivity index (χ0n) is 12.8. The number of rotatable bonds is 5. The maximum absolute atomic E-state index is 12.9. The summed E-state index contributed by atoms with van der Waals surface area (Å²) in [5.74, 6) is 0.507. The number of nitrogens with one attached hydrogen (secondary N) is 1. The summed E-state index contributed by atoms with van der Waals surface area (Å²) in [5.41, 5.74) is 0.627. The third-order valence-corrected chi connectivity index (χ3v) is 3.22.